The minimum absolute atomic E-state index is 0. The Morgan fingerprint density at radius 3 is 2.18 bits per heavy atom. The summed E-state index contributed by atoms with van der Waals surface area (Å²) in [5.74, 6) is 0.647. The molecule has 33 heavy (non-hydrogen) atoms. The molecule has 1 saturated heterocycles. The van der Waals surface area contributed by atoms with E-state index in [0.717, 1.165) is 5.56 Å². The van der Waals surface area contributed by atoms with Crippen molar-refractivity contribution in [1.82, 2.24) is 20.9 Å². The first-order chi connectivity index (χ1) is 15.1. The Hall–Kier alpha value is -2.08. The van der Waals surface area contributed by atoms with E-state index in [9.17, 15) is 9.59 Å². The topological polar surface area (TPSA) is 104 Å². The van der Waals surface area contributed by atoms with E-state index >= 15 is 0 Å². The van der Waals surface area contributed by atoms with Gasteiger partial charge in [0.05, 0.1) is 12.2 Å². The van der Waals surface area contributed by atoms with E-state index in [0.29, 0.717) is 44.2 Å². The maximum absolute atomic E-state index is 12.8. The molecule has 2 unspecified atom stereocenters. The zero-order chi connectivity index (χ0) is 23.7. The van der Waals surface area contributed by atoms with Crippen molar-refractivity contribution in [3.05, 3.63) is 35.4 Å². The lowest BCUT2D eigenvalue weighted by Gasteiger charge is -2.35. The van der Waals surface area contributed by atoms with Crippen LogP contribution in [0.25, 0.3) is 0 Å². The molecule has 10 heteroatoms. The van der Waals surface area contributed by atoms with Crippen LogP contribution in [0.3, 0.4) is 0 Å². The highest BCUT2D eigenvalue weighted by Crippen LogP contribution is 2.15. The third-order valence-electron chi connectivity index (χ3n) is 4.68. The van der Waals surface area contributed by atoms with Crippen LogP contribution in [0, 0.1) is 0 Å². The van der Waals surface area contributed by atoms with Crippen molar-refractivity contribution in [2.24, 2.45) is 4.99 Å². The van der Waals surface area contributed by atoms with Crippen LogP contribution >= 0.6 is 24.0 Å². The second-order valence-electron chi connectivity index (χ2n) is 8.95. The van der Waals surface area contributed by atoms with Crippen molar-refractivity contribution in [1.29, 1.82) is 0 Å². The van der Waals surface area contributed by atoms with Gasteiger partial charge in [0.25, 0.3) is 5.91 Å². The minimum atomic E-state index is -0.520. The van der Waals surface area contributed by atoms with Crippen LogP contribution in [0.2, 0.25) is 0 Å². The van der Waals surface area contributed by atoms with Crippen molar-refractivity contribution in [2.75, 3.05) is 33.2 Å². The van der Waals surface area contributed by atoms with Gasteiger partial charge in [0, 0.05) is 45.3 Å². The number of guanidine groups is 1. The lowest BCUT2D eigenvalue weighted by Crippen LogP contribution is -2.48. The maximum Gasteiger partial charge on any atom is 0.407 e. The third-order valence-corrected chi connectivity index (χ3v) is 4.68. The average Bonchev–Trinajstić information content (AvgIpc) is 2.71. The molecule has 9 nitrogen and oxygen atoms in total. The van der Waals surface area contributed by atoms with Crippen molar-refractivity contribution in [3.63, 3.8) is 0 Å². The Balaban J connectivity index is 0.00000544. The van der Waals surface area contributed by atoms with Crippen LogP contribution in [0.5, 0.6) is 0 Å². The molecule has 2 atom stereocenters. The fourth-order valence-corrected chi connectivity index (χ4v) is 3.36. The molecular weight excluding hydrogens is 537 g/mol. The quantitative estimate of drug-likeness (QED) is 0.209. The fourth-order valence-electron chi connectivity index (χ4n) is 3.36. The second-order valence-corrected chi connectivity index (χ2v) is 8.95. The van der Waals surface area contributed by atoms with Crippen LogP contribution in [0.4, 0.5) is 4.79 Å². The Morgan fingerprint density at radius 2 is 1.64 bits per heavy atom. The van der Waals surface area contributed by atoms with Gasteiger partial charge in [0.2, 0.25) is 0 Å². The summed E-state index contributed by atoms with van der Waals surface area (Å²) in [6.45, 7) is 12.1. The molecular formula is C23H38IN5O4. The van der Waals surface area contributed by atoms with Gasteiger partial charge in [-0.2, -0.15) is 0 Å². The number of aliphatic imine (C=N–C) groups is 1. The predicted molar refractivity (Wildman–Crippen MR) is 140 cm³/mol. The number of amides is 2. The van der Waals surface area contributed by atoms with Crippen LogP contribution in [0.1, 0.15) is 50.5 Å². The molecule has 0 radical (unpaired) electrons. The van der Waals surface area contributed by atoms with Gasteiger partial charge in [0.1, 0.15) is 5.60 Å². The fraction of sp³-hybridized carbons (Fsp3) is 0.609. The van der Waals surface area contributed by atoms with Crippen molar-refractivity contribution >= 4 is 41.9 Å². The van der Waals surface area contributed by atoms with Gasteiger partial charge in [-0.05, 0) is 52.3 Å². The average molecular weight is 575 g/mol. The van der Waals surface area contributed by atoms with Gasteiger partial charge < -0.3 is 30.3 Å². The predicted octanol–water partition coefficient (Wildman–Crippen LogP) is 2.74. The monoisotopic (exact) mass is 575 g/mol. The summed E-state index contributed by atoms with van der Waals surface area (Å²) in [5.41, 5.74) is 1.18. The zero-order valence-corrected chi connectivity index (χ0v) is 22.8. The number of benzene rings is 1. The molecule has 0 saturated carbocycles. The van der Waals surface area contributed by atoms with Gasteiger partial charge in [-0.15, -0.1) is 24.0 Å². The number of halogens is 1. The number of nitrogens with one attached hydrogen (secondary N) is 3. The molecule has 1 aromatic carbocycles. The molecule has 3 N–H and O–H groups in total. The van der Waals surface area contributed by atoms with E-state index in [2.05, 4.69) is 20.9 Å². The molecule has 2 amide bonds. The molecule has 1 fully saturated rings. The Morgan fingerprint density at radius 1 is 1.06 bits per heavy atom. The van der Waals surface area contributed by atoms with Crippen molar-refractivity contribution in [2.45, 2.75) is 59.0 Å². The summed E-state index contributed by atoms with van der Waals surface area (Å²) in [6, 6.07) is 7.58. The normalized spacial score (nSPS) is 18.7. The van der Waals surface area contributed by atoms with Gasteiger partial charge in [-0.3, -0.25) is 9.79 Å². The van der Waals surface area contributed by atoms with E-state index in [1.165, 1.54) is 0 Å². The summed E-state index contributed by atoms with van der Waals surface area (Å²) in [7, 11) is 1.68. The highest BCUT2D eigenvalue weighted by Gasteiger charge is 2.26. The number of ether oxygens (including phenoxy) is 2. The van der Waals surface area contributed by atoms with Gasteiger partial charge >= 0.3 is 6.09 Å². The highest BCUT2D eigenvalue weighted by molar-refractivity contribution is 14.0. The zero-order valence-electron chi connectivity index (χ0n) is 20.4. The SMILES string of the molecule is CN=C(NCCNC(=O)OC(C)(C)C)NCc1ccc(C(=O)N2CC(C)OC(C)C2)cc1.I. The molecule has 0 aliphatic carbocycles. The first kappa shape index (κ1) is 29.0. The summed E-state index contributed by atoms with van der Waals surface area (Å²) in [6.07, 6.45) is -0.354. The van der Waals surface area contributed by atoms with E-state index in [-0.39, 0.29) is 42.1 Å². The molecule has 1 aromatic rings. The number of carbonyl (C=O) groups excluding carboxylic acids is 2. The second kappa shape index (κ2) is 13.6. The molecule has 0 bridgehead atoms. The lowest BCUT2D eigenvalue weighted by atomic mass is 10.1. The summed E-state index contributed by atoms with van der Waals surface area (Å²) >= 11 is 0. The molecule has 0 aromatic heterocycles. The smallest absolute Gasteiger partial charge is 0.407 e. The Kier molecular flexibility index (Phi) is 11.9. The van der Waals surface area contributed by atoms with Crippen LogP contribution in [-0.2, 0) is 16.0 Å². The number of alkyl carbamates (subject to hydrolysis) is 1. The summed E-state index contributed by atoms with van der Waals surface area (Å²) in [5, 5.41) is 9.04. The molecule has 1 heterocycles. The molecule has 0 spiro atoms. The maximum atomic E-state index is 12.8. The van der Waals surface area contributed by atoms with E-state index < -0.39 is 11.7 Å². The largest absolute Gasteiger partial charge is 0.444 e. The number of carbonyl (C=O) groups is 2. The van der Waals surface area contributed by atoms with Crippen LogP contribution in [-0.4, -0.2) is 73.9 Å². The first-order valence-corrected chi connectivity index (χ1v) is 11.0. The van der Waals surface area contributed by atoms with Gasteiger partial charge in [0.15, 0.2) is 5.96 Å². The molecule has 1 aliphatic heterocycles. The van der Waals surface area contributed by atoms with E-state index in [4.69, 9.17) is 9.47 Å². The first-order valence-electron chi connectivity index (χ1n) is 11.0. The van der Waals surface area contributed by atoms with E-state index in [1.807, 2.05) is 63.8 Å². The highest BCUT2D eigenvalue weighted by atomic mass is 127. The van der Waals surface area contributed by atoms with Crippen LogP contribution < -0.4 is 16.0 Å². The van der Waals surface area contributed by atoms with E-state index in [1.54, 1.807) is 7.05 Å². The standard InChI is InChI=1S/C23H37N5O4.HI/c1-16-14-28(15-17(2)31-16)20(29)19-9-7-18(8-10-19)13-27-21(24-6)25-11-12-26-22(30)32-23(3,4)5;/h7-10,16-17H,11-15H2,1-6H3,(H,26,30)(H2,24,25,27);1H. The molecule has 186 valence electrons. The number of rotatable bonds is 6. The molecule has 2 rings (SSSR count). The summed E-state index contributed by atoms with van der Waals surface area (Å²) < 4.78 is 10.9. The van der Waals surface area contributed by atoms with Crippen molar-refractivity contribution < 1.29 is 19.1 Å². The minimum Gasteiger partial charge on any atom is -0.444 e. The molecule has 1 aliphatic rings. The number of hydrogen-bond donors (Lipinski definition) is 3. The Labute approximate surface area is 214 Å². The van der Waals surface area contributed by atoms with Crippen molar-refractivity contribution in [3.8, 4) is 0 Å². The number of morpholine rings is 1. The number of nitrogens with zero attached hydrogens (tertiary/aromatic N) is 2. The summed E-state index contributed by atoms with van der Waals surface area (Å²) in [4.78, 5) is 30.5. The van der Waals surface area contributed by atoms with Gasteiger partial charge in [-0.1, -0.05) is 12.1 Å². The third kappa shape index (κ3) is 10.6. The lowest BCUT2D eigenvalue weighted by molar-refractivity contribution is -0.0586. The Bertz CT molecular complexity index is 785. The van der Waals surface area contributed by atoms with Gasteiger partial charge in [-0.25, -0.2) is 4.79 Å². The number of hydrogen-bond acceptors (Lipinski definition) is 5. The van der Waals surface area contributed by atoms with Crippen LogP contribution in [0.15, 0.2) is 29.3 Å².